The van der Waals surface area contributed by atoms with Gasteiger partial charge in [-0.25, -0.2) is 0 Å². The first-order chi connectivity index (χ1) is 10.3. The Morgan fingerprint density at radius 3 is 2.62 bits per heavy atom. The average molecular weight is 300 g/mol. The van der Waals surface area contributed by atoms with E-state index < -0.39 is 0 Å². The van der Waals surface area contributed by atoms with Crippen LogP contribution in [0, 0.1) is 5.41 Å². The van der Waals surface area contributed by atoms with Crippen molar-refractivity contribution in [3.63, 3.8) is 0 Å². The topological polar surface area (TPSA) is 54.0 Å². The molecular formula is C16H32N2O3. The van der Waals surface area contributed by atoms with Gasteiger partial charge < -0.3 is 24.8 Å². The minimum Gasteiger partial charge on any atom is -0.394 e. The van der Waals surface area contributed by atoms with Gasteiger partial charge in [-0.05, 0) is 37.6 Å². The maximum absolute atomic E-state index is 8.83. The van der Waals surface area contributed by atoms with Crippen molar-refractivity contribution in [2.24, 2.45) is 5.41 Å². The highest BCUT2D eigenvalue weighted by atomic mass is 16.5. The number of ether oxygens (including phenoxy) is 2. The van der Waals surface area contributed by atoms with Crippen molar-refractivity contribution in [1.29, 1.82) is 0 Å². The fourth-order valence-corrected chi connectivity index (χ4v) is 3.51. The third-order valence-electron chi connectivity index (χ3n) is 4.84. The summed E-state index contributed by atoms with van der Waals surface area (Å²) in [6.07, 6.45) is 4.86. The van der Waals surface area contributed by atoms with Crippen molar-refractivity contribution in [3.05, 3.63) is 0 Å². The molecule has 0 amide bonds. The quantitative estimate of drug-likeness (QED) is 0.696. The lowest BCUT2D eigenvalue weighted by Crippen LogP contribution is -2.49. The van der Waals surface area contributed by atoms with Crippen molar-refractivity contribution in [1.82, 2.24) is 10.2 Å². The third kappa shape index (κ3) is 5.49. The summed E-state index contributed by atoms with van der Waals surface area (Å²) in [5.41, 5.74) is 0.382. The molecule has 0 spiro atoms. The molecule has 5 heteroatoms. The van der Waals surface area contributed by atoms with Crippen LogP contribution >= 0.6 is 0 Å². The molecule has 0 radical (unpaired) electrons. The number of nitrogens with one attached hydrogen (secondary N) is 1. The van der Waals surface area contributed by atoms with Crippen molar-refractivity contribution in [2.45, 2.75) is 38.7 Å². The summed E-state index contributed by atoms with van der Waals surface area (Å²) >= 11 is 0. The summed E-state index contributed by atoms with van der Waals surface area (Å²) < 4.78 is 11.2. The predicted octanol–water partition coefficient (Wildman–Crippen LogP) is 0.866. The molecule has 0 aromatic carbocycles. The molecule has 0 bridgehead atoms. The van der Waals surface area contributed by atoms with Crippen LogP contribution in [0.3, 0.4) is 0 Å². The van der Waals surface area contributed by atoms with Crippen LogP contribution in [-0.4, -0.2) is 75.3 Å². The Balaban J connectivity index is 1.78. The first-order valence-electron chi connectivity index (χ1n) is 8.51. The monoisotopic (exact) mass is 300 g/mol. The van der Waals surface area contributed by atoms with E-state index in [1.165, 1.54) is 19.4 Å². The first kappa shape index (κ1) is 17.2. The molecule has 2 heterocycles. The average Bonchev–Trinajstić information content (AvgIpc) is 2.53. The Kier molecular flexibility index (Phi) is 7.40. The Bertz CT molecular complexity index is 275. The Labute approximate surface area is 129 Å². The number of hydrogen-bond donors (Lipinski definition) is 2. The van der Waals surface area contributed by atoms with Gasteiger partial charge in [0, 0.05) is 39.4 Å². The Hall–Kier alpha value is -0.200. The maximum Gasteiger partial charge on any atom is 0.0701 e. The molecule has 5 nitrogen and oxygen atoms in total. The molecular weight excluding hydrogens is 268 g/mol. The lowest BCUT2D eigenvalue weighted by atomic mass is 9.79. The molecule has 2 saturated heterocycles. The molecule has 0 aromatic rings. The van der Waals surface area contributed by atoms with Gasteiger partial charge in [0.15, 0.2) is 0 Å². The van der Waals surface area contributed by atoms with Crippen LogP contribution in [0.5, 0.6) is 0 Å². The number of piperidine rings is 1. The van der Waals surface area contributed by atoms with Gasteiger partial charge in [-0.3, -0.25) is 0 Å². The van der Waals surface area contributed by atoms with E-state index in [4.69, 9.17) is 14.6 Å². The number of rotatable bonds is 8. The first-order valence-corrected chi connectivity index (χ1v) is 8.51. The molecule has 2 rings (SSSR count). The largest absolute Gasteiger partial charge is 0.394 e. The van der Waals surface area contributed by atoms with E-state index in [0.717, 1.165) is 52.2 Å². The van der Waals surface area contributed by atoms with E-state index in [9.17, 15) is 0 Å². The van der Waals surface area contributed by atoms with Gasteiger partial charge in [0.05, 0.1) is 19.3 Å². The van der Waals surface area contributed by atoms with Crippen LogP contribution in [0.2, 0.25) is 0 Å². The molecule has 2 N–H and O–H groups in total. The number of hydrogen-bond acceptors (Lipinski definition) is 5. The number of nitrogens with zero attached hydrogens (tertiary/aromatic N) is 1. The highest BCUT2D eigenvalue weighted by molar-refractivity contribution is 4.88. The van der Waals surface area contributed by atoms with Gasteiger partial charge in [-0.2, -0.15) is 0 Å². The highest BCUT2D eigenvalue weighted by Crippen LogP contribution is 2.32. The molecule has 0 saturated carbocycles. The van der Waals surface area contributed by atoms with E-state index in [0.29, 0.717) is 18.1 Å². The van der Waals surface area contributed by atoms with Gasteiger partial charge in [0.2, 0.25) is 0 Å². The van der Waals surface area contributed by atoms with Crippen molar-refractivity contribution in [3.8, 4) is 0 Å². The normalized spacial score (nSPS) is 24.3. The van der Waals surface area contributed by atoms with Crippen molar-refractivity contribution < 1.29 is 14.6 Å². The zero-order valence-electron chi connectivity index (χ0n) is 13.5. The van der Waals surface area contributed by atoms with Crippen LogP contribution in [0.15, 0.2) is 0 Å². The van der Waals surface area contributed by atoms with Crippen molar-refractivity contribution >= 4 is 0 Å². The van der Waals surface area contributed by atoms with Crippen LogP contribution < -0.4 is 5.32 Å². The van der Waals surface area contributed by atoms with Gasteiger partial charge in [-0.15, -0.1) is 0 Å². The fraction of sp³-hybridized carbons (Fsp3) is 1.00. The minimum atomic E-state index is 0.131. The number of likely N-dealkylation sites (tertiary alicyclic amines) is 1. The zero-order valence-corrected chi connectivity index (χ0v) is 13.5. The molecule has 21 heavy (non-hydrogen) atoms. The highest BCUT2D eigenvalue weighted by Gasteiger charge is 2.35. The maximum atomic E-state index is 8.83. The zero-order chi connectivity index (χ0) is 15.0. The number of aliphatic hydroxyl groups is 1. The predicted molar refractivity (Wildman–Crippen MR) is 83.5 cm³/mol. The summed E-state index contributed by atoms with van der Waals surface area (Å²) in [5, 5.41) is 12.4. The molecule has 2 aliphatic rings. The minimum absolute atomic E-state index is 0.131. The molecule has 2 aliphatic heterocycles. The van der Waals surface area contributed by atoms with Crippen LogP contribution in [-0.2, 0) is 9.47 Å². The second-order valence-corrected chi connectivity index (χ2v) is 6.46. The fourth-order valence-electron chi connectivity index (χ4n) is 3.51. The van der Waals surface area contributed by atoms with E-state index >= 15 is 0 Å². The molecule has 0 aliphatic carbocycles. The van der Waals surface area contributed by atoms with Crippen LogP contribution in [0.25, 0.3) is 0 Å². The van der Waals surface area contributed by atoms with Gasteiger partial charge >= 0.3 is 0 Å². The second-order valence-electron chi connectivity index (χ2n) is 6.46. The van der Waals surface area contributed by atoms with Crippen LogP contribution in [0.4, 0.5) is 0 Å². The van der Waals surface area contributed by atoms with Gasteiger partial charge in [0.1, 0.15) is 0 Å². The Morgan fingerprint density at radius 2 is 2.00 bits per heavy atom. The third-order valence-corrected chi connectivity index (χ3v) is 4.84. The van der Waals surface area contributed by atoms with E-state index in [1.54, 1.807) is 0 Å². The SMILES string of the molecule is CCNCC1(CN2CCC(OCCO)CC2)CCOCC1. The van der Waals surface area contributed by atoms with Gasteiger partial charge in [0.25, 0.3) is 0 Å². The summed E-state index contributed by atoms with van der Waals surface area (Å²) in [6.45, 7) is 10.2. The molecule has 0 atom stereocenters. The lowest BCUT2D eigenvalue weighted by Gasteiger charge is -2.43. The molecule has 124 valence electrons. The molecule has 0 unspecified atom stereocenters. The lowest BCUT2D eigenvalue weighted by molar-refractivity contribution is -0.0340. The summed E-state index contributed by atoms with van der Waals surface area (Å²) in [5.74, 6) is 0. The second kappa shape index (κ2) is 9.06. The van der Waals surface area contributed by atoms with Crippen LogP contribution in [0.1, 0.15) is 32.6 Å². The summed E-state index contributed by atoms with van der Waals surface area (Å²) in [4.78, 5) is 2.60. The summed E-state index contributed by atoms with van der Waals surface area (Å²) in [7, 11) is 0. The van der Waals surface area contributed by atoms with Crippen molar-refractivity contribution in [2.75, 3.05) is 59.2 Å². The smallest absolute Gasteiger partial charge is 0.0701 e. The van der Waals surface area contributed by atoms with Gasteiger partial charge in [-0.1, -0.05) is 6.92 Å². The van der Waals surface area contributed by atoms with E-state index in [-0.39, 0.29) is 6.61 Å². The van der Waals surface area contributed by atoms with E-state index in [2.05, 4.69) is 17.1 Å². The number of aliphatic hydroxyl groups excluding tert-OH is 1. The summed E-state index contributed by atoms with van der Waals surface area (Å²) in [6, 6.07) is 0. The Morgan fingerprint density at radius 1 is 1.29 bits per heavy atom. The van der Waals surface area contributed by atoms with E-state index in [1.807, 2.05) is 0 Å². The molecule has 0 aromatic heterocycles. The molecule has 2 fully saturated rings. The standard InChI is InChI=1S/C16H32N2O3/c1-2-17-13-16(5-10-20-11-6-16)14-18-7-3-15(4-8-18)21-12-9-19/h15,17,19H,2-14H2,1H3.